The van der Waals surface area contributed by atoms with Gasteiger partial charge in [0.05, 0.1) is 0 Å². The van der Waals surface area contributed by atoms with Gasteiger partial charge in [0.25, 0.3) is 0 Å². The van der Waals surface area contributed by atoms with Crippen LogP contribution in [-0.2, 0) is 16.0 Å². The third-order valence-electron chi connectivity index (χ3n) is 5.24. The number of alkyl halides is 3. The second-order valence-corrected chi connectivity index (χ2v) is 7.17. The van der Waals surface area contributed by atoms with Crippen molar-refractivity contribution in [2.75, 3.05) is 19.6 Å². The number of rotatable bonds is 4. The molecule has 2 fully saturated rings. The van der Waals surface area contributed by atoms with Crippen LogP contribution in [0.3, 0.4) is 0 Å². The molecule has 1 aromatic heterocycles. The lowest BCUT2D eigenvalue weighted by Gasteiger charge is -2.38. The van der Waals surface area contributed by atoms with Crippen LogP contribution in [0, 0.1) is 5.92 Å². The largest absolute Gasteiger partial charge is 0.423 e. The quantitative estimate of drug-likeness (QED) is 0.726. The van der Waals surface area contributed by atoms with Gasteiger partial charge in [0.15, 0.2) is 0 Å². The summed E-state index contributed by atoms with van der Waals surface area (Å²) in [5, 5.41) is 7.27. The molecule has 0 saturated carbocycles. The van der Waals surface area contributed by atoms with E-state index in [1.165, 1.54) is 6.08 Å². The Labute approximate surface area is 160 Å². The van der Waals surface area contributed by atoms with E-state index >= 15 is 0 Å². The molecule has 3 heterocycles. The number of nitrogens with zero attached hydrogens (tertiary/aromatic N) is 4. The minimum Gasteiger partial charge on any atom is -0.423 e. The van der Waals surface area contributed by atoms with E-state index in [0.29, 0.717) is 38.9 Å². The molecule has 2 saturated heterocycles. The number of amides is 2. The van der Waals surface area contributed by atoms with E-state index in [0.717, 1.165) is 12.8 Å². The number of hydrogen-bond donors (Lipinski definition) is 0. The molecule has 154 valence electrons. The van der Waals surface area contributed by atoms with Crippen LogP contribution < -0.4 is 0 Å². The number of piperidine rings is 2. The van der Waals surface area contributed by atoms with Gasteiger partial charge in [-0.2, -0.15) is 13.2 Å². The van der Waals surface area contributed by atoms with Gasteiger partial charge in [-0.3, -0.25) is 9.59 Å². The first-order valence-corrected chi connectivity index (χ1v) is 9.39. The highest BCUT2D eigenvalue weighted by Gasteiger charge is 2.38. The molecular weight excluding hydrogens is 377 g/mol. The van der Waals surface area contributed by atoms with Crippen molar-refractivity contribution in [3.63, 3.8) is 0 Å². The third kappa shape index (κ3) is 4.71. The normalized spacial score (nSPS) is 21.6. The van der Waals surface area contributed by atoms with Crippen LogP contribution in [-0.4, -0.2) is 57.6 Å². The van der Waals surface area contributed by atoms with E-state index in [4.69, 9.17) is 4.42 Å². The van der Waals surface area contributed by atoms with Crippen molar-refractivity contribution in [3.05, 3.63) is 24.4 Å². The van der Waals surface area contributed by atoms with Crippen molar-refractivity contribution >= 4 is 11.8 Å². The number of aromatic nitrogens is 2. The van der Waals surface area contributed by atoms with Crippen molar-refractivity contribution in [1.29, 1.82) is 0 Å². The minimum atomic E-state index is -4.43. The summed E-state index contributed by atoms with van der Waals surface area (Å²) >= 11 is 0. The van der Waals surface area contributed by atoms with Crippen LogP contribution in [0.15, 0.2) is 17.1 Å². The van der Waals surface area contributed by atoms with Gasteiger partial charge in [-0.05, 0) is 38.2 Å². The van der Waals surface area contributed by atoms with Crippen molar-refractivity contribution < 1.29 is 27.2 Å². The Hall–Kier alpha value is -2.39. The fraction of sp³-hybridized carbons (Fsp3) is 0.667. The second kappa shape index (κ2) is 8.32. The zero-order valence-corrected chi connectivity index (χ0v) is 15.5. The Balaban J connectivity index is 1.67. The Morgan fingerprint density at radius 3 is 2.50 bits per heavy atom. The zero-order chi connectivity index (χ0) is 20.3. The summed E-state index contributed by atoms with van der Waals surface area (Å²) in [6.07, 6.45) is -1.13. The van der Waals surface area contributed by atoms with Crippen LogP contribution >= 0.6 is 0 Å². The molecule has 3 rings (SSSR count). The maximum atomic E-state index is 13.1. The summed E-state index contributed by atoms with van der Waals surface area (Å²) in [5.74, 6) is -0.869. The first-order chi connectivity index (χ1) is 13.3. The topological polar surface area (TPSA) is 79.5 Å². The molecule has 0 aromatic carbocycles. The molecule has 1 aromatic rings. The average molecular weight is 400 g/mol. The van der Waals surface area contributed by atoms with Crippen LogP contribution in [0.1, 0.15) is 49.9 Å². The first kappa shape index (κ1) is 20.3. The van der Waals surface area contributed by atoms with E-state index < -0.39 is 24.5 Å². The van der Waals surface area contributed by atoms with Gasteiger partial charge in [-0.25, -0.2) is 0 Å². The van der Waals surface area contributed by atoms with Crippen LogP contribution in [0.4, 0.5) is 13.2 Å². The molecule has 10 heteroatoms. The second-order valence-electron chi connectivity index (χ2n) is 7.17. The minimum absolute atomic E-state index is 0.0616. The monoisotopic (exact) mass is 400 g/mol. The molecule has 28 heavy (non-hydrogen) atoms. The number of likely N-dealkylation sites (tertiary alicyclic amines) is 2. The van der Waals surface area contributed by atoms with Gasteiger partial charge in [-0.15, -0.1) is 10.2 Å². The molecule has 0 bridgehead atoms. The van der Waals surface area contributed by atoms with Crippen LogP contribution in [0.5, 0.6) is 0 Å². The van der Waals surface area contributed by atoms with Crippen molar-refractivity contribution in [3.8, 4) is 0 Å². The summed E-state index contributed by atoms with van der Waals surface area (Å²) in [5.41, 5.74) is 0. The Morgan fingerprint density at radius 1 is 1.14 bits per heavy atom. The SMILES string of the molecule is C=CC(=O)N1CCC(C(=O)N2CCCCC2c2nnc(CC(F)(F)F)o2)CC1. The zero-order valence-electron chi connectivity index (χ0n) is 15.5. The smallest absolute Gasteiger partial charge is 0.397 e. The molecule has 0 spiro atoms. The summed E-state index contributed by atoms with van der Waals surface area (Å²) in [6.45, 7) is 4.94. The fourth-order valence-electron chi connectivity index (χ4n) is 3.81. The van der Waals surface area contributed by atoms with Crippen LogP contribution in [0.25, 0.3) is 0 Å². The van der Waals surface area contributed by atoms with E-state index in [1.807, 2.05) is 0 Å². The summed E-state index contributed by atoms with van der Waals surface area (Å²) in [4.78, 5) is 28.1. The lowest BCUT2D eigenvalue weighted by molar-refractivity contribution is -0.143. The van der Waals surface area contributed by atoms with Gasteiger partial charge in [0.1, 0.15) is 12.5 Å². The van der Waals surface area contributed by atoms with E-state index in [1.54, 1.807) is 9.80 Å². The highest BCUT2D eigenvalue weighted by molar-refractivity contribution is 5.87. The molecule has 0 N–H and O–H groups in total. The maximum Gasteiger partial charge on any atom is 0.397 e. The molecule has 2 amide bonds. The highest BCUT2D eigenvalue weighted by Crippen LogP contribution is 2.33. The predicted molar refractivity (Wildman–Crippen MR) is 91.9 cm³/mol. The molecular formula is C18H23F3N4O3. The van der Waals surface area contributed by atoms with Gasteiger partial charge in [0.2, 0.25) is 23.6 Å². The van der Waals surface area contributed by atoms with Crippen molar-refractivity contribution in [2.24, 2.45) is 5.92 Å². The fourth-order valence-corrected chi connectivity index (χ4v) is 3.81. The van der Waals surface area contributed by atoms with E-state index in [9.17, 15) is 22.8 Å². The summed E-state index contributed by atoms with van der Waals surface area (Å²) in [7, 11) is 0. The Morgan fingerprint density at radius 2 is 1.86 bits per heavy atom. The molecule has 1 atom stereocenters. The summed E-state index contributed by atoms with van der Waals surface area (Å²) in [6, 6.07) is -0.497. The molecule has 1 unspecified atom stereocenters. The average Bonchev–Trinajstić information content (AvgIpc) is 3.13. The highest BCUT2D eigenvalue weighted by atomic mass is 19.4. The van der Waals surface area contributed by atoms with Gasteiger partial charge in [0, 0.05) is 25.6 Å². The maximum absolute atomic E-state index is 13.1. The summed E-state index contributed by atoms with van der Waals surface area (Å²) < 4.78 is 42.8. The predicted octanol–water partition coefficient (Wildman–Crippen LogP) is 2.65. The van der Waals surface area contributed by atoms with Gasteiger partial charge in [-0.1, -0.05) is 6.58 Å². The third-order valence-corrected chi connectivity index (χ3v) is 5.24. The number of hydrogen-bond acceptors (Lipinski definition) is 5. The molecule has 2 aliphatic rings. The number of carbonyl (C=O) groups is 2. The van der Waals surface area contributed by atoms with Gasteiger partial charge >= 0.3 is 6.18 Å². The number of carbonyl (C=O) groups excluding carboxylic acids is 2. The number of halogens is 3. The standard InChI is InChI=1S/C18H23F3N4O3/c1-2-15(26)24-9-6-12(7-10-24)17(27)25-8-4-3-5-13(25)16-23-22-14(28-16)11-18(19,20)21/h2,12-13H,1,3-11H2. The van der Waals surface area contributed by atoms with Crippen molar-refractivity contribution in [1.82, 2.24) is 20.0 Å². The van der Waals surface area contributed by atoms with E-state index in [-0.39, 0.29) is 23.6 Å². The molecule has 7 nitrogen and oxygen atoms in total. The Bertz CT molecular complexity index is 726. The molecule has 2 aliphatic heterocycles. The van der Waals surface area contributed by atoms with Crippen LogP contribution in [0.2, 0.25) is 0 Å². The Kier molecular flexibility index (Phi) is 6.04. The molecule has 0 radical (unpaired) electrons. The van der Waals surface area contributed by atoms with E-state index in [2.05, 4.69) is 16.8 Å². The molecule has 0 aliphatic carbocycles. The van der Waals surface area contributed by atoms with Gasteiger partial charge < -0.3 is 14.2 Å². The lowest BCUT2D eigenvalue weighted by atomic mass is 9.92. The van der Waals surface area contributed by atoms with Crippen molar-refractivity contribution in [2.45, 2.75) is 50.7 Å². The lowest BCUT2D eigenvalue weighted by Crippen LogP contribution is -2.46. The first-order valence-electron chi connectivity index (χ1n) is 9.39.